The van der Waals surface area contributed by atoms with Crippen LogP contribution >= 0.6 is 22.9 Å². The number of halogens is 1. The highest BCUT2D eigenvalue weighted by atomic mass is 35.5. The summed E-state index contributed by atoms with van der Waals surface area (Å²) in [6.07, 6.45) is 1.62. The molecule has 0 aliphatic heterocycles. The van der Waals surface area contributed by atoms with Gasteiger partial charge in [-0.3, -0.25) is 9.48 Å². The predicted molar refractivity (Wildman–Crippen MR) is 122 cm³/mol. The van der Waals surface area contributed by atoms with Gasteiger partial charge in [0.25, 0.3) is 5.91 Å². The van der Waals surface area contributed by atoms with E-state index in [0.717, 1.165) is 21.5 Å². The second-order valence-electron chi connectivity index (χ2n) is 6.85. The summed E-state index contributed by atoms with van der Waals surface area (Å²) in [5, 5.41) is 9.19. The highest BCUT2D eigenvalue weighted by Crippen LogP contribution is 2.30. The monoisotopic (exact) mass is 456 g/mol. The number of pyridine rings is 1. The number of hydrogen-bond acceptors (Lipinski definition) is 6. The fourth-order valence-electron chi connectivity index (χ4n) is 3.10. The van der Waals surface area contributed by atoms with Crippen LogP contribution in [0.5, 0.6) is 5.88 Å². The van der Waals surface area contributed by atoms with Crippen molar-refractivity contribution in [2.75, 3.05) is 25.6 Å². The molecule has 0 aliphatic carbocycles. The number of nitrogens with zero attached hydrogens (tertiary/aromatic N) is 3. The zero-order valence-corrected chi connectivity index (χ0v) is 18.7. The Hall–Kier alpha value is -2.94. The lowest BCUT2D eigenvalue weighted by molar-refractivity contribution is 0.102. The Balaban J connectivity index is 1.55. The van der Waals surface area contributed by atoms with Gasteiger partial charge in [-0.25, -0.2) is 4.98 Å². The minimum absolute atomic E-state index is 0.219. The minimum Gasteiger partial charge on any atom is -0.474 e. The molecule has 1 amide bonds. The second-order valence-corrected chi connectivity index (χ2v) is 8.32. The van der Waals surface area contributed by atoms with E-state index in [1.165, 1.54) is 11.3 Å². The Morgan fingerprint density at radius 3 is 2.81 bits per heavy atom. The molecule has 1 N–H and O–H groups in total. The van der Waals surface area contributed by atoms with Gasteiger partial charge in [-0.1, -0.05) is 23.7 Å². The van der Waals surface area contributed by atoms with E-state index >= 15 is 0 Å². The maximum Gasteiger partial charge on any atom is 0.265 e. The van der Waals surface area contributed by atoms with Crippen LogP contribution in [0.1, 0.15) is 20.9 Å². The number of nitrogens with one attached hydrogen (secondary N) is 1. The first kappa shape index (κ1) is 21.3. The molecule has 0 saturated heterocycles. The lowest BCUT2D eigenvalue weighted by atomic mass is 10.2. The van der Waals surface area contributed by atoms with Gasteiger partial charge in [0.15, 0.2) is 0 Å². The number of carbonyl (C=O) groups is 1. The fraction of sp³-hybridized carbons (Fsp3) is 0.227. The van der Waals surface area contributed by atoms with Crippen LogP contribution in [-0.2, 0) is 11.3 Å². The van der Waals surface area contributed by atoms with Crippen molar-refractivity contribution in [1.29, 1.82) is 0 Å². The number of amides is 1. The van der Waals surface area contributed by atoms with E-state index in [1.54, 1.807) is 25.4 Å². The average Bonchev–Trinajstić information content (AvgIpc) is 3.32. The van der Waals surface area contributed by atoms with Crippen LogP contribution in [0.15, 0.2) is 48.7 Å². The largest absolute Gasteiger partial charge is 0.474 e. The summed E-state index contributed by atoms with van der Waals surface area (Å²) in [6, 6.07) is 13.0. The van der Waals surface area contributed by atoms with Crippen molar-refractivity contribution in [3.8, 4) is 5.88 Å². The number of carbonyl (C=O) groups excluding carboxylic acids is 1. The summed E-state index contributed by atoms with van der Waals surface area (Å²) < 4.78 is 12.5. The van der Waals surface area contributed by atoms with Crippen LogP contribution in [-0.4, -0.2) is 41.0 Å². The van der Waals surface area contributed by atoms with Gasteiger partial charge in [-0.2, -0.15) is 5.10 Å². The van der Waals surface area contributed by atoms with E-state index in [2.05, 4.69) is 15.4 Å². The van der Waals surface area contributed by atoms with Gasteiger partial charge in [0.05, 0.1) is 23.7 Å². The third-order valence-corrected chi connectivity index (χ3v) is 6.02. The Morgan fingerprint density at radius 1 is 1.23 bits per heavy atom. The molecule has 7 nitrogen and oxygen atoms in total. The summed E-state index contributed by atoms with van der Waals surface area (Å²) in [6.45, 7) is 3.32. The first-order chi connectivity index (χ1) is 15.0. The quantitative estimate of drug-likeness (QED) is 0.386. The zero-order chi connectivity index (χ0) is 21.8. The highest BCUT2D eigenvalue weighted by Gasteiger charge is 2.18. The number of ether oxygens (including phenoxy) is 2. The van der Waals surface area contributed by atoms with Crippen molar-refractivity contribution in [3.05, 3.63) is 69.8 Å². The summed E-state index contributed by atoms with van der Waals surface area (Å²) >= 11 is 7.38. The molecule has 0 aliphatic rings. The summed E-state index contributed by atoms with van der Waals surface area (Å²) in [5.41, 5.74) is 2.48. The van der Waals surface area contributed by atoms with Crippen LogP contribution in [0.3, 0.4) is 0 Å². The standard InChI is InChI=1S/C22H21ClN4O3S/c1-14-17-12-19(20(28)25-18-4-3-9-24-21(18)30-11-10-29-2)31-22(17)27(26-14)13-15-5-7-16(23)8-6-15/h3-9,12H,10-11,13H2,1-2H3,(H,25,28). The van der Waals surface area contributed by atoms with Crippen molar-refractivity contribution in [3.63, 3.8) is 0 Å². The molecule has 0 unspecified atom stereocenters. The molecule has 160 valence electrons. The van der Waals surface area contributed by atoms with Crippen LogP contribution in [0, 0.1) is 6.92 Å². The van der Waals surface area contributed by atoms with Crippen molar-refractivity contribution in [1.82, 2.24) is 14.8 Å². The van der Waals surface area contributed by atoms with Crippen LogP contribution in [0.4, 0.5) is 5.69 Å². The molecular weight excluding hydrogens is 436 g/mol. The number of aryl methyl sites for hydroxylation is 1. The number of anilines is 1. The van der Waals surface area contributed by atoms with Crippen molar-refractivity contribution >= 4 is 44.7 Å². The second kappa shape index (κ2) is 9.47. The summed E-state index contributed by atoms with van der Waals surface area (Å²) in [5.74, 6) is 0.141. The van der Waals surface area contributed by atoms with E-state index in [1.807, 2.05) is 41.9 Å². The van der Waals surface area contributed by atoms with Gasteiger partial charge in [0.2, 0.25) is 5.88 Å². The molecule has 0 spiro atoms. The van der Waals surface area contributed by atoms with E-state index < -0.39 is 0 Å². The topological polar surface area (TPSA) is 78.3 Å². The molecule has 0 atom stereocenters. The van der Waals surface area contributed by atoms with Crippen molar-refractivity contribution < 1.29 is 14.3 Å². The third-order valence-electron chi connectivity index (χ3n) is 4.62. The SMILES string of the molecule is COCCOc1ncccc1NC(=O)c1cc2c(C)nn(Cc3ccc(Cl)cc3)c2s1. The van der Waals surface area contributed by atoms with Gasteiger partial charge >= 0.3 is 0 Å². The van der Waals surface area contributed by atoms with Crippen LogP contribution < -0.4 is 10.1 Å². The molecule has 0 fully saturated rings. The Labute approximate surface area is 188 Å². The molecule has 0 saturated carbocycles. The van der Waals surface area contributed by atoms with Crippen LogP contribution in [0.2, 0.25) is 5.02 Å². The number of aromatic nitrogens is 3. The molecule has 3 aromatic heterocycles. The lowest BCUT2D eigenvalue weighted by Gasteiger charge is -2.10. The zero-order valence-electron chi connectivity index (χ0n) is 17.1. The number of thiophene rings is 1. The smallest absolute Gasteiger partial charge is 0.265 e. The number of methoxy groups -OCH3 is 1. The summed E-state index contributed by atoms with van der Waals surface area (Å²) in [7, 11) is 1.60. The number of rotatable bonds is 8. The van der Waals surface area contributed by atoms with Gasteiger partial charge in [-0.15, -0.1) is 11.3 Å². The molecule has 4 rings (SSSR count). The van der Waals surface area contributed by atoms with Gasteiger partial charge in [0.1, 0.15) is 17.1 Å². The molecular formula is C22H21ClN4O3S. The average molecular weight is 457 g/mol. The molecule has 31 heavy (non-hydrogen) atoms. The first-order valence-corrected chi connectivity index (χ1v) is 10.8. The van der Waals surface area contributed by atoms with Gasteiger partial charge in [0, 0.05) is 23.7 Å². The first-order valence-electron chi connectivity index (χ1n) is 9.64. The maximum absolute atomic E-state index is 12.9. The fourth-order valence-corrected chi connectivity index (χ4v) is 4.28. The minimum atomic E-state index is -0.219. The Kier molecular flexibility index (Phi) is 6.50. The lowest BCUT2D eigenvalue weighted by Crippen LogP contribution is -2.13. The molecule has 0 radical (unpaired) electrons. The number of benzene rings is 1. The van der Waals surface area contributed by atoms with Gasteiger partial charge < -0.3 is 14.8 Å². The van der Waals surface area contributed by atoms with Crippen LogP contribution in [0.25, 0.3) is 10.2 Å². The molecule has 3 heterocycles. The van der Waals surface area contributed by atoms with E-state index in [9.17, 15) is 4.79 Å². The molecule has 1 aromatic carbocycles. The molecule has 9 heteroatoms. The predicted octanol–water partition coefficient (Wildman–Crippen LogP) is 4.78. The highest BCUT2D eigenvalue weighted by molar-refractivity contribution is 7.20. The number of hydrogen-bond donors (Lipinski definition) is 1. The maximum atomic E-state index is 12.9. The van der Waals surface area contributed by atoms with E-state index in [4.69, 9.17) is 21.1 Å². The van der Waals surface area contributed by atoms with E-state index in [0.29, 0.717) is 41.2 Å². The van der Waals surface area contributed by atoms with Crippen molar-refractivity contribution in [2.45, 2.75) is 13.5 Å². The molecule has 4 aromatic rings. The third kappa shape index (κ3) is 4.87. The number of fused-ring (bicyclic) bond motifs is 1. The Bertz CT molecular complexity index is 1200. The van der Waals surface area contributed by atoms with Crippen molar-refractivity contribution in [2.24, 2.45) is 0 Å². The molecule has 0 bridgehead atoms. The van der Waals surface area contributed by atoms with Gasteiger partial charge in [-0.05, 0) is 42.8 Å². The Morgan fingerprint density at radius 2 is 2.03 bits per heavy atom. The van der Waals surface area contributed by atoms with E-state index in [-0.39, 0.29) is 5.91 Å². The summed E-state index contributed by atoms with van der Waals surface area (Å²) in [4.78, 5) is 18.7. The normalized spacial score (nSPS) is 11.1.